The molecule has 0 fully saturated rings. The zero-order valence-corrected chi connectivity index (χ0v) is 11.6. The van der Waals surface area contributed by atoms with E-state index in [1.54, 1.807) is 0 Å². The number of rotatable bonds is 4. The molecule has 0 heterocycles. The second-order valence-corrected chi connectivity index (χ2v) is 4.90. The van der Waals surface area contributed by atoms with Gasteiger partial charge < -0.3 is 15.6 Å². The number of nitrogen functional groups attached to an aromatic ring is 1. The zero-order chi connectivity index (χ0) is 13.8. The van der Waals surface area contributed by atoms with Gasteiger partial charge in [0.05, 0.1) is 0 Å². The number of hydrogen-bond acceptors (Lipinski definition) is 3. The molecule has 98 valence electrons. The van der Waals surface area contributed by atoms with Crippen molar-refractivity contribution >= 4 is 27.6 Å². The molecule has 2 aromatic carbocycles. The molecule has 0 saturated heterocycles. The molecule has 3 N–H and O–H groups in total. The van der Waals surface area contributed by atoms with Crippen molar-refractivity contribution in [3.8, 4) is 5.75 Å². The summed E-state index contributed by atoms with van der Waals surface area (Å²) in [5.74, 6) is -0.767. The van der Waals surface area contributed by atoms with Crippen LogP contribution in [-0.4, -0.2) is 11.1 Å². The third-order valence-electron chi connectivity index (χ3n) is 2.52. The molecule has 0 aliphatic heterocycles. The van der Waals surface area contributed by atoms with Crippen LogP contribution in [0.5, 0.6) is 5.75 Å². The van der Waals surface area contributed by atoms with E-state index >= 15 is 0 Å². The Morgan fingerprint density at radius 3 is 2.74 bits per heavy atom. The van der Waals surface area contributed by atoms with Gasteiger partial charge in [-0.3, -0.25) is 0 Å². The topological polar surface area (TPSA) is 72.6 Å². The molecule has 0 radical (unpaired) electrons. The van der Waals surface area contributed by atoms with Gasteiger partial charge in [-0.15, -0.1) is 0 Å². The summed E-state index contributed by atoms with van der Waals surface area (Å²) in [6.45, 7) is 0.281. The SMILES string of the molecule is Nc1ccc(C(=O)O)c(OCc2cccc(Br)c2)c1. The summed E-state index contributed by atoms with van der Waals surface area (Å²) in [5, 5.41) is 9.07. The van der Waals surface area contributed by atoms with Crippen molar-refractivity contribution in [2.24, 2.45) is 0 Å². The van der Waals surface area contributed by atoms with Crippen molar-refractivity contribution in [1.82, 2.24) is 0 Å². The molecule has 5 heteroatoms. The van der Waals surface area contributed by atoms with Gasteiger partial charge in [0.25, 0.3) is 0 Å². The van der Waals surface area contributed by atoms with E-state index in [4.69, 9.17) is 15.6 Å². The molecule has 0 spiro atoms. The summed E-state index contributed by atoms with van der Waals surface area (Å²) in [6.07, 6.45) is 0. The van der Waals surface area contributed by atoms with Crippen molar-refractivity contribution in [1.29, 1.82) is 0 Å². The molecule has 4 nitrogen and oxygen atoms in total. The van der Waals surface area contributed by atoms with E-state index in [0.717, 1.165) is 10.0 Å². The highest BCUT2D eigenvalue weighted by Crippen LogP contribution is 2.23. The zero-order valence-electron chi connectivity index (χ0n) is 9.97. The summed E-state index contributed by atoms with van der Waals surface area (Å²) >= 11 is 3.37. The highest BCUT2D eigenvalue weighted by atomic mass is 79.9. The van der Waals surface area contributed by atoms with E-state index in [2.05, 4.69) is 15.9 Å². The van der Waals surface area contributed by atoms with Crippen LogP contribution in [0.25, 0.3) is 0 Å². The Kier molecular flexibility index (Phi) is 4.06. The monoisotopic (exact) mass is 321 g/mol. The van der Waals surface area contributed by atoms with E-state index in [9.17, 15) is 4.79 Å². The highest BCUT2D eigenvalue weighted by Gasteiger charge is 2.11. The summed E-state index contributed by atoms with van der Waals surface area (Å²) in [7, 11) is 0. The lowest BCUT2D eigenvalue weighted by Crippen LogP contribution is -2.04. The molecule has 0 amide bonds. The number of anilines is 1. The number of carboxylic acids is 1. The Labute approximate surface area is 118 Å². The number of hydrogen-bond donors (Lipinski definition) is 2. The summed E-state index contributed by atoms with van der Waals surface area (Å²) in [6, 6.07) is 12.1. The summed E-state index contributed by atoms with van der Waals surface area (Å²) in [4.78, 5) is 11.1. The molecule has 0 unspecified atom stereocenters. The summed E-state index contributed by atoms with van der Waals surface area (Å²) < 4.78 is 6.48. The highest BCUT2D eigenvalue weighted by molar-refractivity contribution is 9.10. The number of halogens is 1. The first kappa shape index (κ1) is 13.4. The Morgan fingerprint density at radius 2 is 2.05 bits per heavy atom. The molecule has 0 aromatic heterocycles. The maximum absolute atomic E-state index is 11.1. The van der Waals surface area contributed by atoms with Crippen LogP contribution in [0, 0.1) is 0 Å². The van der Waals surface area contributed by atoms with E-state index in [1.165, 1.54) is 18.2 Å². The maximum atomic E-state index is 11.1. The van der Waals surface area contributed by atoms with Crippen LogP contribution in [0.4, 0.5) is 5.69 Å². The smallest absolute Gasteiger partial charge is 0.339 e. The number of carboxylic acid groups (broad SMARTS) is 1. The molecular formula is C14H12BrNO3. The van der Waals surface area contributed by atoms with E-state index in [-0.39, 0.29) is 17.9 Å². The van der Waals surface area contributed by atoms with Crippen molar-refractivity contribution in [3.05, 3.63) is 58.1 Å². The minimum absolute atomic E-state index is 0.101. The molecule has 0 saturated carbocycles. The van der Waals surface area contributed by atoms with Crippen LogP contribution in [0.1, 0.15) is 15.9 Å². The third-order valence-corrected chi connectivity index (χ3v) is 3.01. The van der Waals surface area contributed by atoms with Crippen LogP contribution in [-0.2, 0) is 6.61 Å². The molecular weight excluding hydrogens is 310 g/mol. The van der Waals surface area contributed by atoms with Gasteiger partial charge in [0, 0.05) is 16.2 Å². The van der Waals surface area contributed by atoms with E-state index in [0.29, 0.717) is 5.69 Å². The molecule has 2 rings (SSSR count). The van der Waals surface area contributed by atoms with Crippen molar-refractivity contribution < 1.29 is 14.6 Å². The number of carbonyl (C=O) groups is 1. The van der Waals surface area contributed by atoms with E-state index < -0.39 is 5.97 Å². The average molecular weight is 322 g/mol. The molecule has 2 aromatic rings. The van der Waals surface area contributed by atoms with Crippen LogP contribution in [0.15, 0.2) is 46.9 Å². The largest absolute Gasteiger partial charge is 0.488 e. The fourth-order valence-electron chi connectivity index (χ4n) is 1.62. The number of benzene rings is 2. The first-order chi connectivity index (χ1) is 9.06. The van der Waals surface area contributed by atoms with Gasteiger partial charge in [-0.1, -0.05) is 28.1 Å². The number of ether oxygens (including phenoxy) is 1. The average Bonchev–Trinajstić information content (AvgIpc) is 2.36. The Hall–Kier alpha value is -2.01. The van der Waals surface area contributed by atoms with Gasteiger partial charge in [-0.2, -0.15) is 0 Å². The normalized spacial score (nSPS) is 10.2. The Morgan fingerprint density at radius 1 is 1.26 bits per heavy atom. The predicted octanol–water partition coefficient (Wildman–Crippen LogP) is 3.31. The number of nitrogens with two attached hydrogens (primary N) is 1. The van der Waals surface area contributed by atoms with Crippen molar-refractivity contribution in [2.75, 3.05) is 5.73 Å². The molecule has 19 heavy (non-hydrogen) atoms. The van der Waals surface area contributed by atoms with Gasteiger partial charge >= 0.3 is 5.97 Å². The molecule has 0 aliphatic rings. The predicted molar refractivity (Wildman–Crippen MR) is 76.3 cm³/mol. The van der Waals surface area contributed by atoms with Gasteiger partial charge in [0.2, 0.25) is 0 Å². The van der Waals surface area contributed by atoms with Gasteiger partial charge in [0.15, 0.2) is 0 Å². The minimum Gasteiger partial charge on any atom is -0.488 e. The molecule has 0 bridgehead atoms. The first-order valence-corrected chi connectivity index (χ1v) is 6.35. The summed E-state index contributed by atoms with van der Waals surface area (Å²) in [5.41, 5.74) is 7.15. The van der Waals surface area contributed by atoms with Crippen molar-refractivity contribution in [2.45, 2.75) is 6.61 Å². The molecule has 0 aliphatic carbocycles. The standard InChI is InChI=1S/C14H12BrNO3/c15-10-3-1-2-9(6-10)8-19-13-7-11(16)4-5-12(13)14(17)18/h1-7H,8,16H2,(H,17,18). The Balaban J connectivity index is 2.19. The first-order valence-electron chi connectivity index (χ1n) is 5.56. The lowest BCUT2D eigenvalue weighted by atomic mass is 10.2. The fourth-order valence-corrected chi connectivity index (χ4v) is 2.07. The van der Waals surface area contributed by atoms with Gasteiger partial charge in [-0.05, 0) is 29.8 Å². The van der Waals surface area contributed by atoms with Crippen LogP contribution in [0.2, 0.25) is 0 Å². The third kappa shape index (κ3) is 3.48. The quantitative estimate of drug-likeness (QED) is 0.847. The van der Waals surface area contributed by atoms with Gasteiger partial charge in [-0.25, -0.2) is 4.79 Å². The lowest BCUT2D eigenvalue weighted by molar-refractivity contribution is 0.0692. The maximum Gasteiger partial charge on any atom is 0.339 e. The Bertz CT molecular complexity index is 613. The van der Waals surface area contributed by atoms with Crippen LogP contribution >= 0.6 is 15.9 Å². The number of aromatic carboxylic acids is 1. The van der Waals surface area contributed by atoms with E-state index in [1.807, 2.05) is 24.3 Å². The lowest BCUT2D eigenvalue weighted by Gasteiger charge is -2.10. The fraction of sp³-hybridized carbons (Fsp3) is 0.0714. The minimum atomic E-state index is -1.04. The second-order valence-electron chi connectivity index (χ2n) is 3.98. The van der Waals surface area contributed by atoms with Gasteiger partial charge in [0.1, 0.15) is 17.9 Å². The van der Waals surface area contributed by atoms with Crippen LogP contribution < -0.4 is 10.5 Å². The van der Waals surface area contributed by atoms with Crippen LogP contribution in [0.3, 0.4) is 0 Å². The van der Waals surface area contributed by atoms with Crippen molar-refractivity contribution in [3.63, 3.8) is 0 Å². The molecule has 0 atom stereocenters. The second kappa shape index (κ2) is 5.75.